The summed E-state index contributed by atoms with van der Waals surface area (Å²) in [5.41, 5.74) is 0.279. The van der Waals surface area contributed by atoms with Gasteiger partial charge in [0, 0.05) is 31.7 Å². The number of hydrogen-bond acceptors (Lipinski definition) is 4. The van der Waals surface area contributed by atoms with Crippen molar-refractivity contribution < 1.29 is 14.6 Å². The molecule has 0 radical (unpaired) electrons. The first-order chi connectivity index (χ1) is 6.70. The highest BCUT2D eigenvalue weighted by Gasteiger charge is 2.33. The van der Waals surface area contributed by atoms with Crippen molar-refractivity contribution in [3.63, 3.8) is 0 Å². The normalized spacial score (nSPS) is 21.6. The molecule has 0 aliphatic carbocycles. The second-order valence-corrected chi connectivity index (χ2v) is 4.35. The van der Waals surface area contributed by atoms with E-state index in [0.717, 1.165) is 26.2 Å². The maximum Gasteiger partial charge on any atom is 0.0616 e. The molecule has 1 heterocycles. The van der Waals surface area contributed by atoms with Gasteiger partial charge < -0.3 is 19.9 Å². The number of rotatable bonds is 7. The largest absolute Gasteiger partial charge is 0.396 e. The number of methoxy groups -OCH3 is 1. The Morgan fingerprint density at radius 2 is 2.29 bits per heavy atom. The molecule has 1 saturated heterocycles. The zero-order chi connectivity index (χ0) is 10.4. The van der Waals surface area contributed by atoms with Gasteiger partial charge in [0.25, 0.3) is 0 Å². The van der Waals surface area contributed by atoms with E-state index in [9.17, 15) is 0 Å². The molecule has 0 aromatic carbocycles. The van der Waals surface area contributed by atoms with Gasteiger partial charge in [0.15, 0.2) is 0 Å². The first kappa shape index (κ1) is 11.9. The van der Waals surface area contributed by atoms with Crippen LogP contribution in [0.3, 0.4) is 0 Å². The van der Waals surface area contributed by atoms with Crippen LogP contribution in [0.4, 0.5) is 0 Å². The lowest BCUT2D eigenvalue weighted by molar-refractivity contribution is -0.101. The first-order valence-electron chi connectivity index (χ1n) is 5.11. The van der Waals surface area contributed by atoms with Gasteiger partial charge >= 0.3 is 0 Å². The van der Waals surface area contributed by atoms with Gasteiger partial charge in [-0.3, -0.25) is 0 Å². The molecule has 84 valence electrons. The molecule has 1 aliphatic heterocycles. The van der Waals surface area contributed by atoms with Crippen LogP contribution < -0.4 is 5.32 Å². The molecule has 4 heteroatoms. The van der Waals surface area contributed by atoms with Crippen molar-refractivity contribution in [1.82, 2.24) is 5.32 Å². The second kappa shape index (κ2) is 5.66. The Hall–Kier alpha value is -0.160. The fourth-order valence-electron chi connectivity index (χ4n) is 1.54. The third-order valence-corrected chi connectivity index (χ3v) is 2.56. The molecule has 4 nitrogen and oxygen atoms in total. The predicted octanol–water partition coefficient (Wildman–Crippen LogP) is 0.00990. The third kappa shape index (κ3) is 3.53. The molecule has 1 unspecified atom stereocenters. The molecule has 0 saturated carbocycles. The minimum atomic E-state index is 0.203. The Labute approximate surface area is 85.6 Å². The fraction of sp³-hybridized carbons (Fsp3) is 1.00. The van der Waals surface area contributed by atoms with Gasteiger partial charge in [0.05, 0.1) is 19.8 Å². The van der Waals surface area contributed by atoms with E-state index < -0.39 is 0 Å². The molecule has 14 heavy (non-hydrogen) atoms. The summed E-state index contributed by atoms with van der Waals surface area (Å²) in [5, 5.41) is 12.2. The van der Waals surface area contributed by atoms with Crippen LogP contribution >= 0.6 is 0 Å². The highest BCUT2D eigenvalue weighted by atomic mass is 16.5. The van der Waals surface area contributed by atoms with Crippen LogP contribution in [0.1, 0.15) is 13.3 Å². The molecule has 0 aromatic rings. The first-order valence-corrected chi connectivity index (χ1v) is 5.11. The summed E-state index contributed by atoms with van der Waals surface area (Å²) in [6.07, 6.45) is 0.741. The van der Waals surface area contributed by atoms with Crippen LogP contribution in [0.5, 0.6) is 0 Å². The fourth-order valence-corrected chi connectivity index (χ4v) is 1.54. The predicted molar refractivity (Wildman–Crippen MR) is 54.3 cm³/mol. The molecule has 1 aliphatic rings. The summed E-state index contributed by atoms with van der Waals surface area (Å²) in [4.78, 5) is 0. The number of ether oxygens (including phenoxy) is 2. The summed E-state index contributed by atoms with van der Waals surface area (Å²) < 4.78 is 10.2. The van der Waals surface area contributed by atoms with Gasteiger partial charge in [0.1, 0.15) is 0 Å². The van der Waals surface area contributed by atoms with Crippen molar-refractivity contribution in [1.29, 1.82) is 0 Å². The molecule has 1 fully saturated rings. The SMILES string of the molecule is COCC(CCO)NCC1(C)COC1. The minimum absolute atomic E-state index is 0.203. The maximum absolute atomic E-state index is 8.84. The van der Waals surface area contributed by atoms with Crippen LogP contribution in [0.2, 0.25) is 0 Å². The van der Waals surface area contributed by atoms with Gasteiger partial charge in [-0.05, 0) is 6.42 Å². The van der Waals surface area contributed by atoms with Gasteiger partial charge in [0.2, 0.25) is 0 Å². The topological polar surface area (TPSA) is 50.7 Å². The van der Waals surface area contributed by atoms with Crippen LogP contribution in [0, 0.1) is 5.41 Å². The van der Waals surface area contributed by atoms with E-state index in [4.69, 9.17) is 14.6 Å². The minimum Gasteiger partial charge on any atom is -0.396 e. The lowest BCUT2D eigenvalue weighted by Gasteiger charge is -2.39. The second-order valence-electron chi connectivity index (χ2n) is 4.35. The van der Waals surface area contributed by atoms with Gasteiger partial charge in [-0.25, -0.2) is 0 Å². The highest BCUT2D eigenvalue weighted by molar-refractivity contribution is 4.84. The highest BCUT2D eigenvalue weighted by Crippen LogP contribution is 2.25. The van der Waals surface area contributed by atoms with E-state index in [1.54, 1.807) is 7.11 Å². The Morgan fingerprint density at radius 3 is 2.71 bits per heavy atom. The van der Waals surface area contributed by atoms with E-state index in [1.807, 2.05) is 0 Å². The van der Waals surface area contributed by atoms with Crippen molar-refractivity contribution >= 4 is 0 Å². The number of aliphatic hydroxyl groups excluding tert-OH is 1. The van der Waals surface area contributed by atoms with E-state index in [0.29, 0.717) is 6.61 Å². The van der Waals surface area contributed by atoms with Crippen molar-refractivity contribution in [3.8, 4) is 0 Å². The lowest BCUT2D eigenvalue weighted by Crippen LogP contribution is -2.50. The molecule has 1 rings (SSSR count). The number of nitrogens with one attached hydrogen (secondary N) is 1. The van der Waals surface area contributed by atoms with E-state index in [2.05, 4.69) is 12.2 Å². The Bertz CT molecular complexity index is 153. The number of aliphatic hydroxyl groups is 1. The quantitative estimate of drug-likeness (QED) is 0.612. The van der Waals surface area contributed by atoms with Crippen molar-refractivity contribution in [3.05, 3.63) is 0 Å². The molecular weight excluding hydrogens is 182 g/mol. The van der Waals surface area contributed by atoms with Crippen LogP contribution in [0.15, 0.2) is 0 Å². The summed E-state index contributed by atoms with van der Waals surface area (Å²) in [7, 11) is 1.68. The molecular formula is C10H21NO3. The average molecular weight is 203 g/mol. The molecule has 0 aromatic heterocycles. The van der Waals surface area contributed by atoms with E-state index in [1.165, 1.54) is 0 Å². The lowest BCUT2D eigenvalue weighted by atomic mass is 9.88. The number of hydrogen-bond donors (Lipinski definition) is 2. The smallest absolute Gasteiger partial charge is 0.0616 e. The van der Waals surface area contributed by atoms with E-state index >= 15 is 0 Å². The molecule has 0 amide bonds. The zero-order valence-corrected chi connectivity index (χ0v) is 9.08. The Morgan fingerprint density at radius 1 is 1.57 bits per heavy atom. The monoisotopic (exact) mass is 203 g/mol. The van der Waals surface area contributed by atoms with Crippen LogP contribution in [0.25, 0.3) is 0 Å². The average Bonchev–Trinajstić information content (AvgIpc) is 2.12. The molecule has 0 spiro atoms. The summed E-state index contributed by atoms with van der Waals surface area (Å²) in [6, 6.07) is 0.252. The Balaban J connectivity index is 2.17. The van der Waals surface area contributed by atoms with Gasteiger partial charge in [-0.15, -0.1) is 0 Å². The summed E-state index contributed by atoms with van der Waals surface area (Å²) >= 11 is 0. The van der Waals surface area contributed by atoms with Gasteiger partial charge in [-0.2, -0.15) is 0 Å². The molecule has 2 N–H and O–H groups in total. The third-order valence-electron chi connectivity index (χ3n) is 2.56. The summed E-state index contributed by atoms with van der Waals surface area (Å²) in [5.74, 6) is 0. The maximum atomic E-state index is 8.84. The molecule has 1 atom stereocenters. The Kier molecular flexibility index (Phi) is 4.81. The van der Waals surface area contributed by atoms with Crippen molar-refractivity contribution in [2.75, 3.05) is 40.1 Å². The van der Waals surface area contributed by atoms with Crippen molar-refractivity contribution in [2.45, 2.75) is 19.4 Å². The summed E-state index contributed by atoms with van der Waals surface area (Å²) in [6.45, 7) is 5.65. The van der Waals surface area contributed by atoms with Crippen LogP contribution in [-0.4, -0.2) is 51.2 Å². The van der Waals surface area contributed by atoms with Crippen molar-refractivity contribution in [2.24, 2.45) is 5.41 Å². The zero-order valence-electron chi connectivity index (χ0n) is 9.08. The van der Waals surface area contributed by atoms with Gasteiger partial charge in [-0.1, -0.05) is 6.92 Å². The van der Waals surface area contributed by atoms with E-state index in [-0.39, 0.29) is 18.1 Å². The standard InChI is InChI=1S/C10H21NO3/c1-10(7-14-8-10)6-11-9(3-4-12)5-13-2/h9,11-12H,3-8H2,1-2H3. The van der Waals surface area contributed by atoms with Crippen LogP contribution in [-0.2, 0) is 9.47 Å². The molecule has 0 bridgehead atoms.